The normalized spacial score (nSPS) is 14.2. The van der Waals surface area contributed by atoms with Crippen molar-refractivity contribution in [2.75, 3.05) is 20.3 Å². The zero-order valence-corrected chi connectivity index (χ0v) is 12.7. The van der Waals surface area contributed by atoms with Crippen molar-refractivity contribution in [2.24, 2.45) is 7.05 Å². The quantitative estimate of drug-likeness (QED) is 0.843. The fourth-order valence-corrected chi connectivity index (χ4v) is 1.91. The van der Waals surface area contributed by atoms with E-state index in [1.165, 1.54) is 10.6 Å². The number of carbonyl (C=O) groups is 1. The molecule has 0 saturated carbocycles. The molecule has 0 aliphatic carbocycles. The van der Waals surface area contributed by atoms with Gasteiger partial charge in [-0.25, -0.2) is 0 Å². The fraction of sp³-hybridized carbons (Fsp3) is 0.583. The van der Waals surface area contributed by atoms with Gasteiger partial charge in [-0.2, -0.15) is 0 Å². The molecule has 1 atom stereocenters. The standard InChI is InChI=1S/C12H18Cl2N2O3/c1-12(18,4-5-19-3)7-15-11(17)9-6-8(13)10(14)16(9)2/h6,18H,4-5,7H2,1-3H3,(H,15,17). The van der Waals surface area contributed by atoms with Gasteiger partial charge < -0.3 is 19.7 Å². The Kier molecular flexibility index (Phi) is 5.67. The van der Waals surface area contributed by atoms with Gasteiger partial charge in [-0.15, -0.1) is 0 Å². The Morgan fingerprint density at radius 1 is 1.58 bits per heavy atom. The number of hydrogen-bond acceptors (Lipinski definition) is 3. The number of carbonyl (C=O) groups excluding carboxylic acids is 1. The molecule has 0 radical (unpaired) electrons. The molecule has 0 bridgehead atoms. The average molecular weight is 309 g/mol. The van der Waals surface area contributed by atoms with Gasteiger partial charge in [0.15, 0.2) is 0 Å². The van der Waals surface area contributed by atoms with Crippen LogP contribution in [0.15, 0.2) is 6.07 Å². The van der Waals surface area contributed by atoms with E-state index in [-0.39, 0.29) is 12.5 Å². The molecule has 1 rings (SSSR count). The zero-order valence-electron chi connectivity index (χ0n) is 11.2. The van der Waals surface area contributed by atoms with E-state index in [9.17, 15) is 9.90 Å². The van der Waals surface area contributed by atoms with Crippen LogP contribution in [0.3, 0.4) is 0 Å². The number of methoxy groups -OCH3 is 1. The molecule has 7 heteroatoms. The van der Waals surface area contributed by atoms with E-state index < -0.39 is 5.60 Å². The molecule has 1 aromatic heterocycles. The smallest absolute Gasteiger partial charge is 0.268 e. The van der Waals surface area contributed by atoms with E-state index in [2.05, 4.69) is 5.32 Å². The Labute approximate surface area is 122 Å². The molecule has 1 amide bonds. The van der Waals surface area contributed by atoms with Crippen LogP contribution in [-0.2, 0) is 11.8 Å². The highest BCUT2D eigenvalue weighted by Gasteiger charge is 2.22. The van der Waals surface area contributed by atoms with Crippen molar-refractivity contribution in [1.82, 2.24) is 9.88 Å². The summed E-state index contributed by atoms with van der Waals surface area (Å²) < 4.78 is 6.38. The molecule has 0 aliphatic heterocycles. The molecule has 2 N–H and O–H groups in total. The van der Waals surface area contributed by atoms with Crippen LogP contribution < -0.4 is 5.32 Å². The molecule has 0 aromatic carbocycles. The van der Waals surface area contributed by atoms with Crippen LogP contribution in [0.25, 0.3) is 0 Å². The van der Waals surface area contributed by atoms with Crippen molar-refractivity contribution in [3.63, 3.8) is 0 Å². The molecule has 0 aliphatic rings. The van der Waals surface area contributed by atoms with Crippen LogP contribution >= 0.6 is 23.2 Å². The first-order chi connectivity index (χ1) is 8.78. The second-order valence-corrected chi connectivity index (χ2v) is 5.41. The molecular formula is C12H18Cl2N2O3. The second kappa shape index (κ2) is 6.61. The topological polar surface area (TPSA) is 63.5 Å². The zero-order chi connectivity index (χ0) is 14.6. The third kappa shape index (κ3) is 4.38. The molecule has 1 aromatic rings. The summed E-state index contributed by atoms with van der Waals surface area (Å²) in [4.78, 5) is 12.0. The molecule has 0 saturated heterocycles. The summed E-state index contributed by atoms with van der Waals surface area (Å²) in [5.41, 5.74) is -0.678. The van der Waals surface area contributed by atoms with Crippen molar-refractivity contribution < 1.29 is 14.6 Å². The molecule has 0 spiro atoms. The van der Waals surface area contributed by atoms with E-state index in [1.54, 1.807) is 21.1 Å². The molecule has 5 nitrogen and oxygen atoms in total. The summed E-state index contributed by atoms with van der Waals surface area (Å²) in [5, 5.41) is 13.3. The van der Waals surface area contributed by atoms with Crippen molar-refractivity contribution in [1.29, 1.82) is 0 Å². The number of rotatable bonds is 6. The Bertz CT molecular complexity index is 458. The highest BCUT2D eigenvalue weighted by molar-refractivity contribution is 6.41. The first kappa shape index (κ1) is 16.3. The molecule has 1 unspecified atom stereocenters. The van der Waals surface area contributed by atoms with E-state index in [0.717, 1.165) is 0 Å². The number of hydrogen-bond donors (Lipinski definition) is 2. The van der Waals surface area contributed by atoms with Crippen LogP contribution in [0.4, 0.5) is 0 Å². The van der Waals surface area contributed by atoms with E-state index >= 15 is 0 Å². The van der Waals surface area contributed by atoms with Crippen LogP contribution in [-0.4, -0.2) is 41.4 Å². The molecule has 1 heterocycles. The Morgan fingerprint density at radius 2 is 2.21 bits per heavy atom. The van der Waals surface area contributed by atoms with Gasteiger partial charge in [-0.3, -0.25) is 4.79 Å². The fourth-order valence-electron chi connectivity index (χ4n) is 1.53. The minimum Gasteiger partial charge on any atom is -0.388 e. The van der Waals surface area contributed by atoms with Crippen molar-refractivity contribution in [3.05, 3.63) is 21.9 Å². The summed E-state index contributed by atoms with van der Waals surface area (Å²) in [6, 6.07) is 1.49. The van der Waals surface area contributed by atoms with Crippen LogP contribution in [0.1, 0.15) is 23.8 Å². The Balaban J connectivity index is 2.63. The van der Waals surface area contributed by atoms with Crippen molar-refractivity contribution in [2.45, 2.75) is 18.9 Å². The summed E-state index contributed by atoms with van der Waals surface area (Å²) in [6.45, 7) is 2.18. The summed E-state index contributed by atoms with van der Waals surface area (Å²) in [6.07, 6.45) is 0.429. The third-order valence-corrected chi connectivity index (χ3v) is 3.67. The molecule has 19 heavy (non-hydrogen) atoms. The maximum atomic E-state index is 12.0. The highest BCUT2D eigenvalue weighted by Crippen LogP contribution is 2.25. The lowest BCUT2D eigenvalue weighted by atomic mass is 10.0. The summed E-state index contributed by atoms with van der Waals surface area (Å²) in [5.74, 6) is -0.339. The van der Waals surface area contributed by atoms with Crippen molar-refractivity contribution >= 4 is 29.1 Å². The number of halogens is 2. The minimum atomic E-state index is -1.02. The maximum Gasteiger partial charge on any atom is 0.268 e. The van der Waals surface area contributed by atoms with Gasteiger partial charge in [0.25, 0.3) is 5.91 Å². The lowest BCUT2D eigenvalue weighted by Gasteiger charge is -2.23. The Hall–Kier alpha value is -0.750. The summed E-state index contributed by atoms with van der Waals surface area (Å²) in [7, 11) is 3.20. The highest BCUT2D eigenvalue weighted by atomic mass is 35.5. The van der Waals surface area contributed by atoms with E-state index in [0.29, 0.717) is 28.9 Å². The maximum absolute atomic E-state index is 12.0. The number of aliphatic hydroxyl groups is 1. The first-order valence-corrected chi connectivity index (χ1v) is 6.54. The van der Waals surface area contributed by atoms with Gasteiger partial charge >= 0.3 is 0 Å². The second-order valence-electron chi connectivity index (χ2n) is 4.65. The van der Waals surface area contributed by atoms with Gasteiger partial charge in [0.1, 0.15) is 10.8 Å². The predicted octanol–water partition coefficient (Wildman–Crippen LogP) is 1.85. The summed E-state index contributed by atoms with van der Waals surface area (Å²) >= 11 is 11.7. The van der Waals surface area contributed by atoms with E-state index in [4.69, 9.17) is 27.9 Å². The van der Waals surface area contributed by atoms with Crippen molar-refractivity contribution in [3.8, 4) is 0 Å². The van der Waals surface area contributed by atoms with Crippen LogP contribution in [0, 0.1) is 0 Å². The van der Waals surface area contributed by atoms with E-state index in [1.807, 2.05) is 0 Å². The molecule has 108 valence electrons. The minimum absolute atomic E-state index is 0.121. The van der Waals surface area contributed by atoms with Crippen LogP contribution in [0.5, 0.6) is 0 Å². The van der Waals surface area contributed by atoms with Crippen LogP contribution in [0.2, 0.25) is 10.2 Å². The van der Waals surface area contributed by atoms with Gasteiger partial charge in [-0.1, -0.05) is 23.2 Å². The van der Waals surface area contributed by atoms with Gasteiger partial charge in [0.2, 0.25) is 0 Å². The number of aromatic nitrogens is 1. The number of nitrogens with zero attached hydrogens (tertiary/aromatic N) is 1. The average Bonchev–Trinajstić information content (AvgIpc) is 2.61. The van der Waals surface area contributed by atoms with Gasteiger partial charge in [0, 0.05) is 33.7 Å². The molecule has 0 fully saturated rings. The predicted molar refractivity (Wildman–Crippen MR) is 74.9 cm³/mol. The lowest BCUT2D eigenvalue weighted by molar-refractivity contribution is 0.0242. The lowest BCUT2D eigenvalue weighted by Crippen LogP contribution is -2.41. The first-order valence-electron chi connectivity index (χ1n) is 5.79. The third-order valence-electron chi connectivity index (χ3n) is 2.82. The SMILES string of the molecule is COCCC(C)(O)CNC(=O)c1cc(Cl)c(Cl)n1C. The Morgan fingerprint density at radius 3 is 2.68 bits per heavy atom. The number of nitrogens with one attached hydrogen (secondary N) is 1. The number of ether oxygens (including phenoxy) is 1. The van der Waals surface area contributed by atoms with Gasteiger partial charge in [0.05, 0.1) is 10.6 Å². The largest absolute Gasteiger partial charge is 0.388 e. The van der Waals surface area contributed by atoms with Gasteiger partial charge in [-0.05, 0) is 13.0 Å². The molecular weight excluding hydrogens is 291 g/mol. The monoisotopic (exact) mass is 308 g/mol. The number of amides is 1.